The summed E-state index contributed by atoms with van der Waals surface area (Å²) in [5.74, 6) is 0.838. The Hall–Kier alpha value is 0.668. The lowest BCUT2D eigenvalue weighted by Gasteiger charge is -2.37. The average molecular weight is 353 g/mol. The Bertz CT molecular complexity index is 291. The summed E-state index contributed by atoms with van der Waals surface area (Å²) in [5.41, 5.74) is 0. The van der Waals surface area contributed by atoms with E-state index in [2.05, 4.69) is 26.2 Å². The second kappa shape index (κ2) is 7.79. The molecule has 0 bridgehead atoms. The van der Waals surface area contributed by atoms with Gasteiger partial charge in [-0.05, 0) is 57.4 Å². The SMILES string of the molecule is C[SiH]1O[SiH](C)O[Si](C)(CCCOCC2CC2)O[SiH](C)O1. The van der Waals surface area contributed by atoms with Crippen molar-refractivity contribution in [2.24, 2.45) is 5.92 Å². The van der Waals surface area contributed by atoms with Crippen molar-refractivity contribution in [3.63, 3.8) is 0 Å². The Kier molecular flexibility index (Phi) is 6.63. The summed E-state index contributed by atoms with van der Waals surface area (Å²) in [5, 5.41) is 0. The van der Waals surface area contributed by atoms with E-state index >= 15 is 0 Å². The molecule has 1 saturated carbocycles. The van der Waals surface area contributed by atoms with E-state index in [-0.39, 0.29) is 0 Å². The second-order valence-corrected chi connectivity index (χ2v) is 16.2. The highest BCUT2D eigenvalue weighted by atomic mass is 28.5. The first-order chi connectivity index (χ1) is 9.47. The fraction of sp³-hybridized carbons (Fsp3) is 1.00. The first kappa shape index (κ1) is 17.0. The van der Waals surface area contributed by atoms with E-state index in [0.717, 1.165) is 31.6 Å². The van der Waals surface area contributed by atoms with Gasteiger partial charge in [0.1, 0.15) is 0 Å². The normalized spacial score (nSPS) is 39.3. The van der Waals surface area contributed by atoms with Crippen LogP contribution in [0, 0.1) is 5.92 Å². The fourth-order valence-corrected chi connectivity index (χ4v) is 17.2. The van der Waals surface area contributed by atoms with Crippen molar-refractivity contribution in [1.82, 2.24) is 0 Å². The zero-order chi connectivity index (χ0) is 14.6. The summed E-state index contributed by atoms with van der Waals surface area (Å²) in [6.45, 7) is 10.2. The lowest BCUT2D eigenvalue weighted by atomic mass is 10.4. The van der Waals surface area contributed by atoms with Crippen LogP contribution in [0.4, 0.5) is 0 Å². The van der Waals surface area contributed by atoms with Gasteiger partial charge in [-0.25, -0.2) is 0 Å². The molecule has 2 aliphatic rings. The molecule has 1 aliphatic heterocycles. The topological polar surface area (TPSA) is 46.2 Å². The molecule has 2 unspecified atom stereocenters. The summed E-state index contributed by atoms with van der Waals surface area (Å²) in [7, 11) is -6.81. The molecule has 0 aromatic carbocycles. The summed E-state index contributed by atoms with van der Waals surface area (Å²) in [6, 6.07) is 0.981. The Morgan fingerprint density at radius 2 is 1.65 bits per heavy atom. The van der Waals surface area contributed by atoms with Crippen LogP contribution in [-0.2, 0) is 21.2 Å². The van der Waals surface area contributed by atoms with E-state index in [1.165, 1.54) is 12.8 Å². The van der Waals surface area contributed by atoms with Gasteiger partial charge in [0.15, 0.2) is 0 Å². The highest BCUT2D eigenvalue weighted by Crippen LogP contribution is 2.29. The van der Waals surface area contributed by atoms with Gasteiger partial charge in [0.2, 0.25) is 0 Å². The number of hydrogen-bond donors (Lipinski definition) is 0. The molecular formula is C11H28O5Si4. The van der Waals surface area contributed by atoms with Crippen LogP contribution in [0.25, 0.3) is 0 Å². The first-order valence-corrected chi connectivity index (χ1v) is 16.5. The molecule has 1 saturated heterocycles. The summed E-state index contributed by atoms with van der Waals surface area (Å²) >= 11 is 0. The molecule has 2 rings (SSSR count). The molecule has 0 aromatic heterocycles. The fourth-order valence-electron chi connectivity index (χ4n) is 2.51. The van der Waals surface area contributed by atoms with Crippen molar-refractivity contribution in [3.05, 3.63) is 0 Å². The van der Waals surface area contributed by atoms with E-state index in [0.29, 0.717) is 0 Å². The summed E-state index contributed by atoms with van der Waals surface area (Å²) in [4.78, 5) is 0. The Morgan fingerprint density at radius 1 is 1.05 bits per heavy atom. The Balaban J connectivity index is 1.73. The smallest absolute Gasteiger partial charge is 0.317 e. The van der Waals surface area contributed by atoms with Gasteiger partial charge in [0, 0.05) is 13.2 Å². The van der Waals surface area contributed by atoms with Crippen molar-refractivity contribution < 1.29 is 21.2 Å². The molecule has 0 radical (unpaired) electrons. The zero-order valence-electron chi connectivity index (χ0n) is 13.1. The molecule has 118 valence electrons. The third-order valence-electron chi connectivity index (χ3n) is 3.57. The van der Waals surface area contributed by atoms with Gasteiger partial charge in [0.05, 0.1) is 0 Å². The summed E-state index contributed by atoms with van der Waals surface area (Å²) < 4.78 is 30.0. The third-order valence-corrected chi connectivity index (χ3v) is 17.6. The van der Waals surface area contributed by atoms with Gasteiger partial charge in [-0.15, -0.1) is 0 Å². The lowest BCUT2D eigenvalue weighted by molar-refractivity contribution is 0.123. The largest absolute Gasteiger partial charge is 0.420 e. The third kappa shape index (κ3) is 6.20. The average Bonchev–Trinajstić information content (AvgIpc) is 3.09. The standard InChI is InChI=1S/C11H28O5Si4/c1-17-13-18(2)15-20(4,16-19(3)14-17)9-5-8-12-10-11-6-7-11/h11,17-19H,5-10H2,1-4H3. The van der Waals surface area contributed by atoms with Crippen LogP contribution in [0.2, 0.25) is 32.2 Å². The number of rotatable bonds is 6. The molecule has 0 spiro atoms. The van der Waals surface area contributed by atoms with Crippen molar-refractivity contribution in [2.45, 2.75) is 51.5 Å². The molecule has 1 aliphatic carbocycles. The van der Waals surface area contributed by atoms with Gasteiger partial charge in [0.25, 0.3) is 27.9 Å². The Labute approximate surface area is 128 Å². The quantitative estimate of drug-likeness (QED) is 0.535. The van der Waals surface area contributed by atoms with E-state index in [9.17, 15) is 0 Å². The minimum Gasteiger partial charge on any atom is -0.420 e. The van der Waals surface area contributed by atoms with Crippen LogP contribution < -0.4 is 0 Å². The maximum absolute atomic E-state index is 6.23. The van der Waals surface area contributed by atoms with Crippen LogP contribution in [0.1, 0.15) is 19.3 Å². The Morgan fingerprint density at radius 3 is 2.20 bits per heavy atom. The molecule has 0 N–H and O–H groups in total. The van der Waals surface area contributed by atoms with Gasteiger partial charge in [-0.3, -0.25) is 0 Å². The molecule has 2 atom stereocenters. The van der Waals surface area contributed by atoms with Crippen molar-refractivity contribution in [2.75, 3.05) is 13.2 Å². The van der Waals surface area contributed by atoms with E-state index in [1.807, 2.05) is 0 Å². The van der Waals surface area contributed by atoms with Crippen LogP contribution in [-0.4, -0.2) is 49.6 Å². The van der Waals surface area contributed by atoms with Gasteiger partial charge in [-0.2, -0.15) is 0 Å². The number of ether oxygens (including phenoxy) is 1. The molecule has 5 nitrogen and oxygen atoms in total. The highest BCUT2D eigenvalue weighted by molar-refractivity contribution is 6.81. The van der Waals surface area contributed by atoms with Crippen LogP contribution in [0.3, 0.4) is 0 Å². The molecule has 0 amide bonds. The van der Waals surface area contributed by atoms with E-state index in [1.54, 1.807) is 0 Å². The van der Waals surface area contributed by atoms with Crippen LogP contribution in [0.15, 0.2) is 0 Å². The van der Waals surface area contributed by atoms with Crippen LogP contribution >= 0.6 is 0 Å². The second-order valence-electron chi connectivity index (χ2n) is 5.97. The predicted molar refractivity (Wildman–Crippen MR) is 88.0 cm³/mol. The number of hydrogen-bond acceptors (Lipinski definition) is 5. The molecule has 20 heavy (non-hydrogen) atoms. The van der Waals surface area contributed by atoms with Crippen molar-refractivity contribution in [3.8, 4) is 0 Å². The molecule has 1 heterocycles. The van der Waals surface area contributed by atoms with Crippen LogP contribution in [0.5, 0.6) is 0 Å². The maximum Gasteiger partial charge on any atom is 0.317 e. The van der Waals surface area contributed by atoms with Crippen molar-refractivity contribution in [1.29, 1.82) is 0 Å². The minimum atomic E-state index is -2.12. The van der Waals surface area contributed by atoms with Gasteiger partial charge in [-0.1, -0.05) is 0 Å². The highest BCUT2D eigenvalue weighted by Gasteiger charge is 2.38. The minimum absolute atomic E-state index is 0.824. The lowest BCUT2D eigenvalue weighted by Crippen LogP contribution is -2.53. The van der Waals surface area contributed by atoms with Gasteiger partial charge >= 0.3 is 8.56 Å². The zero-order valence-corrected chi connectivity index (χ0v) is 17.6. The van der Waals surface area contributed by atoms with Crippen molar-refractivity contribution >= 4 is 36.4 Å². The van der Waals surface area contributed by atoms with E-state index in [4.69, 9.17) is 21.2 Å². The summed E-state index contributed by atoms with van der Waals surface area (Å²) in [6.07, 6.45) is 3.72. The monoisotopic (exact) mass is 352 g/mol. The van der Waals surface area contributed by atoms with Gasteiger partial charge < -0.3 is 21.2 Å². The predicted octanol–water partition coefficient (Wildman–Crippen LogP) is 1.51. The first-order valence-electron chi connectivity index (χ1n) is 7.71. The molecule has 0 aromatic rings. The maximum atomic E-state index is 6.23. The molecule has 9 heteroatoms. The molecular weight excluding hydrogens is 324 g/mol. The van der Waals surface area contributed by atoms with E-state index < -0.39 is 36.4 Å². The molecule has 2 fully saturated rings.